The van der Waals surface area contributed by atoms with Crippen LogP contribution in [-0.4, -0.2) is 7.05 Å². The van der Waals surface area contributed by atoms with Gasteiger partial charge in [-0.25, -0.2) is 5.84 Å². The Balaban J connectivity index is 0. The molecular formula is C11H23N3. The Labute approximate surface area is 87.7 Å². The van der Waals surface area contributed by atoms with E-state index in [2.05, 4.69) is 0 Å². The second kappa shape index (κ2) is 9.86. The number of para-hydroxylation sites is 2. The van der Waals surface area contributed by atoms with Gasteiger partial charge in [-0.05, 0) is 12.1 Å². The second-order valence-electron chi connectivity index (χ2n) is 2.17. The van der Waals surface area contributed by atoms with Crippen LogP contribution in [0.4, 0.5) is 11.4 Å². The number of hydrazine groups is 1. The molecule has 4 N–H and O–H groups in total. The number of nitrogen functional groups attached to an aromatic ring is 1. The molecule has 3 heteroatoms. The van der Waals surface area contributed by atoms with Crippen molar-refractivity contribution >= 4 is 11.4 Å². The Morgan fingerprint density at radius 3 is 1.71 bits per heavy atom. The minimum Gasteiger partial charge on any atom is -0.397 e. The summed E-state index contributed by atoms with van der Waals surface area (Å²) in [7, 11) is 1.76. The highest BCUT2D eigenvalue weighted by Gasteiger charge is 1.96. The fourth-order valence-electron chi connectivity index (χ4n) is 0.809. The van der Waals surface area contributed by atoms with Crippen LogP contribution in [0.3, 0.4) is 0 Å². The molecule has 0 saturated carbocycles. The van der Waals surface area contributed by atoms with E-state index in [9.17, 15) is 0 Å². The first-order valence-electron chi connectivity index (χ1n) is 5.05. The molecule has 0 heterocycles. The lowest BCUT2D eigenvalue weighted by atomic mass is 10.3. The zero-order chi connectivity index (χ0) is 11.6. The monoisotopic (exact) mass is 197 g/mol. The second-order valence-corrected chi connectivity index (χ2v) is 2.17. The van der Waals surface area contributed by atoms with Crippen LogP contribution in [0.1, 0.15) is 27.7 Å². The van der Waals surface area contributed by atoms with E-state index in [0.717, 1.165) is 5.69 Å². The molecule has 1 rings (SSSR count). The third kappa shape index (κ3) is 5.43. The van der Waals surface area contributed by atoms with Crippen LogP contribution >= 0.6 is 0 Å². The molecule has 0 radical (unpaired) electrons. The standard InChI is InChI=1S/C7H11N3.2C2H6/c1-10(9)7-5-3-2-4-6(7)8;2*1-2/h2-5H,8-9H2,1H3;2*1-2H3. The van der Waals surface area contributed by atoms with Crippen LogP contribution in [0.2, 0.25) is 0 Å². The summed E-state index contributed by atoms with van der Waals surface area (Å²) in [5, 5.41) is 1.50. The summed E-state index contributed by atoms with van der Waals surface area (Å²) in [6, 6.07) is 7.46. The summed E-state index contributed by atoms with van der Waals surface area (Å²) in [5.74, 6) is 5.47. The molecule has 0 saturated heterocycles. The molecule has 3 nitrogen and oxygen atoms in total. The van der Waals surface area contributed by atoms with Crippen LogP contribution in [0.15, 0.2) is 24.3 Å². The largest absolute Gasteiger partial charge is 0.397 e. The summed E-state index contributed by atoms with van der Waals surface area (Å²) in [4.78, 5) is 0. The number of rotatable bonds is 1. The molecule has 1 aromatic carbocycles. The van der Waals surface area contributed by atoms with Gasteiger partial charge in [0.15, 0.2) is 0 Å². The number of nitrogens with zero attached hydrogens (tertiary/aromatic N) is 1. The van der Waals surface area contributed by atoms with Gasteiger partial charge in [-0.15, -0.1) is 0 Å². The Kier molecular flexibility index (Phi) is 10.8. The SMILES string of the molecule is CC.CC.CN(N)c1ccccc1N. The summed E-state index contributed by atoms with van der Waals surface area (Å²) in [6.07, 6.45) is 0. The van der Waals surface area contributed by atoms with Gasteiger partial charge in [0.25, 0.3) is 0 Å². The van der Waals surface area contributed by atoms with Gasteiger partial charge in [0.1, 0.15) is 0 Å². The van der Waals surface area contributed by atoms with E-state index < -0.39 is 0 Å². The van der Waals surface area contributed by atoms with Crippen molar-refractivity contribution in [1.29, 1.82) is 0 Å². The van der Waals surface area contributed by atoms with Gasteiger partial charge in [0.2, 0.25) is 0 Å². The van der Waals surface area contributed by atoms with Crippen molar-refractivity contribution in [3.05, 3.63) is 24.3 Å². The van der Waals surface area contributed by atoms with Crippen molar-refractivity contribution in [1.82, 2.24) is 0 Å². The van der Waals surface area contributed by atoms with Gasteiger partial charge >= 0.3 is 0 Å². The molecule has 14 heavy (non-hydrogen) atoms. The van der Waals surface area contributed by atoms with E-state index in [1.54, 1.807) is 7.05 Å². The van der Waals surface area contributed by atoms with Crippen LogP contribution in [0, 0.1) is 0 Å². The fourth-order valence-corrected chi connectivity index (χ4v) is 0.809. The van der Waals surface area contributed by atoms with Gasteiger partial charge in [-0.1, -0.05) is 39.8 Å². The maximum absolute atomic E-state index is 5.60. The molecule has 0 atom stereocenters. The Morgan fingerprint density at radius 2 is 1.43 bits per heavy atom. The molecule has 0 spiro atoms. The van der Waals surface area contributed by atoms with E-state index in [4.69, 9.17) is 11.6 Å². The zero-order valence-corrected chi connectivity index (χ0v) is 9.91. The molecule has 1 aromatic rings. The normalized spacial score (nSPS) is 7.57. The van der Waals surface area contributed by atoms with Crippen molar-refractivity contribution in [3.8, 4) is 0 Å². The number of hydrogen-bond acceptors (Lipinski definition) is 3. The predicted octanol–water partition coefficient (Wildman–Crippen LogP) is 2.63. The number of hydrogen-bond donors (Lipinski definition) is 2. The maximum Gasteiger partial charge on any atom is 0.0743 e. The van der Waals surface area contributed by atoms with Gasteiger partial charge in [-0.3, -0.25) is 0 Å². The van der Waals surface area contributed by atoms with Gasteiger partial charge in [0, 0.05) is 7.05 Å². The average molecular weight is 197 g/mol. The molecule has 0 bridgehead atoms. The molecule has 82 valence electrons. The van der Waals surface area contributed by atoms with E-state index >= 15 is 0 Å². The Bertz CT molecular complexity index is 222. The summed E-state index contributed by atoms with van der Waals surface area (Å²) in [5.41, 5.74) is 7.15. The van der Waals surface area contributed by atoms with Crippen LogP contribution in [0.25, 0.3) is 0 Å². The van der Waals surface area contributed by atoms with Crippen molar-refractivity contribution in [2.45, 2.75) is 27.7 Å². The van der Waals surface area contributed by atoms with E-state index in [0.29, 0.717) is 5.69 Å². The lowest BCUT2D eigenvalue weighted by Gasteiger charge is -2.13. The van der Waals surface area contributed by atoms with Crippen LogP contribution in [-0.2, 0) is 0 Å². The van der Waals surface area contributed by atoms with Crippen molar-refractivity contribution in [2.75, 3.05) is 17.8 Å². The van der Waals surface area contributed by atoms with Gasteiger partial charge in [-0.2, -0.15) is 0 Å². The third-order valence-electron chi connectivity index (χ3n) is 1.32. The quantitative estimate of drug-likeness (QED) is 0.413. The molecule has 0 aliphatic rings. The highest BCUT2D eigenvalue weighted by Crippen LogP contribution is 2.17. The molecule has 0 aromatic heterocycles. The minimum atomic E-state index is 0.701. The van der Waals surface area contributed by atoms with Gasteiger partial charge in [0.05, 0.1) is 11.4 Å². The smallest absolute Gasteiger partial charge is 0.0743 e. The number of anilines is 2. The number of nitrogens with two attached hydrogens (primary N) is 2. The first kappa shape index (κ1) is 15.3. The van der Waals surface area contributed by atoms with Crippen LogP contribution in [0.5, 0.6) is 0 Å². The highest BCUT2D eigenvalue weighted by molar-refractivity contribution is 5.65. The summed E-state index contributed by atoms with van der Waals surface area (Å²) in [6.45, 7) is 8.00. The van der Waals surface area contributed by atoms with Crippen molar-refractivity contribution in [3.63, 3.8) is 0 Å². The summed E-state index contributed by atoms with van der Waals surface area (Å²) >= 11 is 0. The Hall–Kier alpha value is -1.22. The fraction of sp³-hybridized carbons (Fsp3) is 0.455. The molecular weight excluding hydrogens is 174 g/mol. The first-order chi connectivity index (χ1) is 6.72. The third-order valence-corrected chi connectivity index (χ3v) is 1.32. The lowest BCUT2D eigenvalue weighted by molar-refractivity contribution is 1.02. The Morgan fingerprint density at radius 1 is 1.00 bits per heavy atom. The minimum absolute atomic E-state index is 0.701. The van der Waals surface area contributed by atoms with Crippen molar-refractivity contribution in [2.24, 2.45) is 5.84 Å². The lowest BCUT2D eigenvalue weighted by Crippen LogP contribution is -2.25. The van der Waals surface area contributed by atoms with E-state index in [-0.39, 0.29) is 0 Å². The highest BCUT2D eigenvalue weighted by atomic mass is 15.4. The van der Waals surface area contributed by atoms with E-state index in [1.807, 2.05) is 52.0 Å². The molecule has 0 unspecified atom stereocenters. The molecule has 0 aliphatic carbocycles. The topological polar surface area (TPSA) is 55.3 Å². The first-order valence-corrected chi connectivity index (χ1v) is 5.05. The predicted molar refractivity (Wildman–Crippen MR) is 66.1 cm³/mol. The van der Waals surface area contributed by atoms with E-state index in [1.165, 1.54) is 5.01 Å². The van der Waals surface area contributed by atoms with Gasteiger partial charge < -0.3 is 10.7 Å². The number of benzene rings is 1. The summed E-state index contributed by atoms with van der Waals surface area (Å²) < 4.78 is 0. The van der Waals surface area contributed by atoms with Crippen molar-refractivity contribution < 1.29 is 0 Å². The van der Waals surface area contributed by atoms with Crippen LogP contribution < -0.4 is 16.6 Å². The zero-order valence-electron chi connectivity index (χ0n) is 9.91. The molecule has 0 aliphatic heterocycles. The molecule has 0 amide bonds. The molecule has 0 fully saturated rings. The average Bonchev–Trinajstić information content (AvgIpc) is 2.24. The maximum atomic E-state index is 5.60.